The summed E-state index contributed by atoms with van der Waals surface area (Å²) in [7, 11) is 0. The molecule has 0 bridgehead atoms. The van der Waals surface area contributed by atoms with E-state index in [9.17, 15) is 4.79 Å². The molecule has 1 N–H and O–H groups in total. The first-order valence-corrected chi connectivity index (χ1v) is 11.5. The Morgan fingerprint density at radius 2 is 1.83 bits per heavy atom. The van der Waals surface area contributed by atoms with E-state index in [4.69, 9.17) is 0 Å². The summed E-state index contributed by atoms with van der Waals surface area (Å²) < 4.78 is 0. The summed E-state index contributed by atoms with van der Waals surface area (Å²) in [6.45, 7) is 6.73. The topological polar surface area (TPSA) is 32.3 Å². The van der Waals surface area contributed by atoms with Gasteiger partial charge in [0.15, 0.2) is 0 Å². The molecule has 0 spiro atoms. The van der Waals surface area contributed by atoms with Crippen molar-refractivity contribution in [3.05, 3.63) is 95.1 Å². The lowest BCUT2D eigenvalue weighted by atomic mass is 10.0. The lowest BCUT2D eigenvalue weighted by Gasteiger charge is -2.31. The van der Waals surface area contributed by atoms with Crippen molar-refractivity contribution in [1.29, 1.82) is 0 Å². The second-order valence-electron chi connectivity index (χ2n) is 7.96. The lowest BCUT2D eigenvalue weighted by Crippen LogP contribution is -2.30. The van der Waals surface area contributed by atoms with Crippen molar-refractivity contribution in [1.82, 2.24) is 5.32 Å². The first kappa shape index (κ1) is 20.5. The van der Waals surface area contributed by atoms with Crippen LogP contribution in [0.4, 0.5) is 5.69 Å². The quantitative estimate of drug-likeness (QED) is 0.564. The number of carbonyl (C=O) groups is 1. The molecular formula is C26H28N2OS. The lowest BCUT2D eigenvalue weighted by molar-refractivity contribution is 0.0951. The molecule has 1 aliphatic rings. The molecule has 0 saturated carbocycles. The molecule has 4 rings (SSSR count). The maximum Gasteiger partial charge on any atom is 0.251 e. The minimum Gasteiger partial charge on any atom is -0.365 e. The Kier molecular flexibility index (Phi) is 6.44. The highest BCUT2D eigenvalue weighted by Gasteiger charge is 2.20. The van der Waals surface area contributed by atoms with Crippen LogP contribution in [0.1, 0.15) is 39.9 Å². The molecule has 0 saturated heterocycles. The van der Waals surface area contributed by atoms with Crippen molar-refractivity contribution in [2.75, 3.05) is 23.7 Å². The molecule has 3 nitrogen and oxygen atoms in total. The van der Waals surface area contributed by atoms with Crippen LogP contribution in [0.25, 0.3) is 0 Å². The van der Waals surface area contributed by atoms with Gasteiger partial charge in [-0.1, -0.05) is 67.1 Å². The third kappa shape index (κ3) is 4.88. The molecule has 0 unspecified atom stereocenters. The van der Waals surface area contributed by atoms with E-state index in [1.807, 2.05) is 36.0 Å². The third-order valence-electron chi connectivity index (χ3n) is 5.61. The Balaban J connectivity index is 1.46. The molecule has 1 atom stereocenters. The van der Waals surface area contributed by atoms with Gasteiger partial charge in [0.1, 0.15) is 0 Å². The van der Waals surface area contributed by atoms with Crippen LogP contribution in [0.3, 0.4) is 0 Å². The number of anilines is 1. The molecule has 1 amide bonds. The number of fused-ring (bicyclic) bond motifs is 1. The number of hydrogen-bond acceptors (Lipinski definition) is 3. The number of thioether (sulfide) groups is 1. The maximum atomic E-state index is 12.8. The minimum absolute atomic E-state index is 0.00793. The summed E-state index contributed by atoms with van der Waals surface area (Å²) in [5, 5.41) is 3.11. The highest BCUT2D eigenvalue weighted by molar-refractivity contribution is 7.99. The van der Waals surface area contributed by atoms with Crippen molar-refractivity contribution >= 4 is 23.4 Å². The summed E-state index contributed by atoms with van der Waals surface area (Å²) in [5.74, 6) is 1.34. The highest BCUT2D eigenvalue weighted by atomic mass is 32.2. The van der Waals surface area contributed by atoms with Crippen molar-refractivity contribution in [3.63, 3.8) is 0 Å². The number of benzene rings is 3. The molecule has 154 valence electrons. The van der Waals surface area contributed by atoms with Crippen molar-refractivity contribution in [2.45, 2.75) is 31.2 Å². The zero-order valence-electron chi connectivity index (χ0n) is 17.6. The number of rotatable bonds is 6. The Morgan fingerprint density at radius 1 is 1.07 bits per heavy atom. The highest BCUT2D eigenvalue weighted by Crippen LogP contribution is 2.36. The molecule has 0 aromatic heterocycles. The van der Waals surface area contributed by atoms with Gasteiger partial charge in [0.05, 0.1) is 5.69 Å². The average Bonchev–Trinajstić information content (AvgIpc) is 2.79. The van der Waals surface area contributed by atoms with Crippen molar-refractivity contribution in [2.24, 2.45) is 0 Å². The van der Waals surface area contributed by atoms with Crippen LogP contribution in [0, 0.1) is 6.92 Å². The van der Waals surface area contributed by atoms with E-state index in [0.717, 1.165) is 30.1 Å². The van der Waals surface area contributed by atoms with Crippen LogP contribution in [0.2, 0.25) is 0 Å². The molecule has 1 heterocycles. The minimum atomic E-state index is -0.00793. The standard InChI is InChI=1S/C26H28N2OS/c1-19-8-10-21(11-9-19)18-28-14-15-30-25-13-12-23(16-24(25)28)26(29)27-17-20(2)22-6-4-3-5-7-22/h3-13,16,20H,14-15,17-18H2,1-2H3,(H,27,29)/t20-/m0/s1. The van der Waals surface area contributed by atoms with Gasteiger partial charge in [-0.2, -0.15) is 0 Å². The summed E-state index contributed by atoms with van der Waals surface area (Å²) in [6.07, 6.45) is 0. The fourth-order valence-corrected chi connectivity index (χ4v) is 4.77. The van der Waals surface area contributed by atoms with Crippen LogP contribution in [-0.4, -0.2) is 24.7 Å². The van der Waals surface area contributed by atoms with E-state index in [1.54, 1.807) is 0 Å². The smallest absolute Gasteiger partial charge is 0.251 e. The molecule has 30 heavy (non-hydrogen) atoms. The maximum absolute atomic E-state index is 12.8. The van der Waals surface area contributed by atoms with Crippen molar-refractivity contribution < 1.29 is 4.79 Å². The van der Waals surface area contributed by atoms with Crippen LogP contribution < -0.4 is 10.2 Å². The van der Waals surface area contributed by atoms with Gasteiger partial charge in [0, 0.05) is 35.8 Å². The number of nitrogens with one attached hydrogen (secondary N) is 1. The monoisotopic (exact) mass is 416 g/mol. The van der Waals surface area contributed by atoms with Gasteiger partial charge in [0.25, 0.3) is 5.91 Å². The van der Waals surface area contributed by atoms with E-state index in [0.29, 0.717) is 6.54 Å². The number of amides is 1. The molecule has 0 radical (unpaired) electrons. The van der Waals surface area contributed by atoms with Gasteiger partial charge >= 0.3 is 0 Å². The average molecular weight is 417 g/mol. The summed E-state index contributed by atoms with van der Waals surface area (Å²) in [5.41, 5.74) is 5.70. The van der Waals surface area contributed by atoms with Gasteiger partial charge < -0.3 is 10.2 Å². The number of aryl methyl sites for hydroxylation is 1. The summed E-state index contributed by atoms with van der Waals surface area (Å²) >= 11 is 1.87. The Morgan fingerprint density at radius 3 is 2.60 bits per heavy atom. The zero-order valence-corrected chi connectivity index (χ0v) is 18.4. The Labute approximate surface area is 183 Å². The predicted molar refractivity (Wildman–Crippen MR) is 127 cm³/mol. The van der Waals surface area contributed by atoms with E-state index in [2.05, 4.69) is 72.6 Å². The van der Waals surface area contributed by atoms with Gasteiger partial charge in [-0.15, -0.1) is 11.8 Å². The largest absolute Gasteiger partial charge is 0.365 e. The van der Waals surface area contributed by atoms with E-state index in [1.165, 1.54) is 21.6 Å². The summed E-state index contributed by atoms with van der Waals surface area (Å²) in [4.78, 5) is 16.5. The molecule has 4 heteroatoms. The molecule has 3 aromatic rings. The van der Waals surface area contributed by atoms with Gasteiger partial charge in [-0.3, -0.25) is 4.79 Å². The molecule has 1 aliphatic heterocycles. The fraction of sp³-hybridized carbons (Fsp3) is 0.269. The second kappa shape index (κ2) is 9.40. The van der Waals surface area contributed by atoms with E-state index in [-0.39, 0.29) is 11.8 Å². The number of hydrogen-bond donors (Lipinski definition) is 1. The van der Waals surface area contributed by atoms with Gasteiger partial charge in [0.2, 0.25) is 0 Å². The number of nitrogens with zero attached hydrogens (tertiary/aromatic N) is 1. The van der Waals surface area contributed by atoms with Crippen LogP contribution in [0.15, 0.2) is 77.7 Å². The van der Waals surface area contributed by atoms with Crippen LogP contribution >= 0.6 is 11.8 Å². The Bertz CT molecular complexity index is 1000. The molecule has 3 aromatic carbocycles. The normalized spacial score (nSPS) is 14.1. The number of carbonyl (C=O) groups excluding carboxylic acids is 1. The first-order valence-electron chi connectivity index (χ1n) is 10.5. The summed E-state index contributed by atoms with van der Waals surface area (Å²) in [6, 6.07) is 25.1. The Hall–Kier alpha value is -2.72. The first-order chi connectivity index (χ1) is 14.6. The second-order valence-corrected chi connectivity index (χ2v) is 9.10. The molecular weight excluding hydrogens is 388 g/mol. The van der Waals surface area contributed by atoms with Crippen LogP contribution in [0.5, 0.6) is 0 Å². The zero-order chi connectivity index (χ0) is 20.9. The van der Waals surface area contributed by atoms with Gasteiger partial charge in [-0.05, 0) is 42.2 Å². The van der Waals surface area contributed by atoms with E-state index >= 15 is 0 Å². The third-order valence-corrected chi connectivity index (χ3v) is 6.65. The van der Waals surface area contributed by atoms with Gasteiger partial charge in [-0.25, -0.2) is 0 Å². The van der Waals surface area contributed by atoms with E-state index < -0.39 is 0 Å². The predicted octanol–water partition coefficient (Wildman–Crippen LogP) is 5.64. The SMILES string of the molecule is Cc1ccc(CN2CCSc3ccc(C(=O)NC[C@H](C)c4ccccc4)cc32)cc1. The fourth-order valence-electron chi connectivity index (χ4n) is 3.74. The van der Waals surface area contributed by atoms with Crippen molar-refractivity contribution in [3.8, 4) is 0 Å². The van der Waals surface area contributed by atoms with Crippen LogP contribution in [-0.2, 0) is 6.54 Å². The molecule has 0 fully saturated rings. The molecule has 0 aliphatic carbocycles.